The number of aryl methyl sites for hydroxylation is 3. The summed E-state index contributed by atoms with van der Waals surface area (Å²) in [5.41, 5.74) is 3.70. The Morgan fingerprint density at radius 3 is 2.73 bits per heavy atom. The quantitative estimate of drug-likeness (QED) is 0.695. The number of carbonyl (C=O) groups excluding carboxylic acids is 1. The predicted molar refractivity (Wildman–Crippen MR) is 93.5 cm³/mol. The van der Waals surface area contributed by atoms with E-state index in [1.54, 1.807) is 11.4 Å². The van der Waals surface area contributed by atoms with Crippen LogP contribution < -0.4 is 11.0 Å². The highest BCUT2D eigenvalue weighted by atomic mass is 32.1. The summed E-state index contributed by atoms with van der Waals surface area (Å²) < 4.78 is 1.28. The maximum atomic E-state index is 12.6. The van der Waals surface area contributed by atoms with Crippen LogP contribution in [0.1, 0.15) is 25.7 Å². The second-order valence-corrected chi connectivity index (χ2v) is 7.67. The van der Waals surface area contributed by atoms with Crippen LogP contribution in [0.3, 0.4) is 0 Å². The lowest BCUT2D eigenvalue weighted by atomic mass is 10.2. The van der Waals surface area contributed by atoms with Crippen molar-refractivity contribution in [3.05, 3.63) is 47.5 Å². The summed E-state index contributed by atoms with van der Waals surface area (Å²) in [4.78, 5) is 30.7. The number of nitrogens with zero attached hydrogens (tertiary/aromatic N) is 1. The van der Waals surface area contributed by atoms with E-state index in [-0.39, 0.29) is 16.2 Å². The van der Waals surface area contributed by atoms with Gasteiger partial charge in [-0.3, -0.25) is 15.0 Å². The average molecular weight is 351 g/mol. The average Bonchev–Trinajstić information content (AvgIpc) is 2.99. The van der Waals surface area contributed by atoms with Gasteiger partial charge in [0.1, 0.15) is 4.83 Å². The van der Waals surface area contributed by atoms with E-state index in [1.165, 1.54) is 22.7 Å². The van der Waals surface area contributed by atoms with Crippen LogP contribution in [0, 0.1) is 25.5 Å². The molecule has 0 spiro atoms. The Morgan fingerprint density at radius 1 is 1.36 bits per heavy atom. The molecule has 0 aliphatic carbocycles. The molecule has 0 aromatic carbocycles. The first-order valence-corrected chi connectivity index (χ1v) is 8.60. The Bertz CT molecular complexity index is 1010. The van der Waals surface area contributed by atoms with Crippen molar-refractivity contribution >= 4 is 51.0 Å². The van der Waals surface area contributed by atoms with Crippen LogP contribution in [0.5, 0.6) is 0 Å². The largest absolute Gasteiger partial charge is 0.322 e. The van der Waals surface area contributed by atoms with Crippen LogP contribution >= 0.6 is 34.9 Å². The minimum Gasteiger partial charge on any atom is -0.322 e. The molecule has 0 aliphatic heterocycles. The first kappa shape index (κ1) is 15.1. The number of thiophene rings is 2. The van der Waals surface area contributed by atoms with Crippen molar-refractivity contribution in [3.8, 4) is 0 Å². The standard InChI is InChI=1S/C14H13N3O2S3/c1-6-4-9(5-21-6)11(18)16-17-13(19)10-7(2)8(3)22-12(10)15-14(17)20/h4-5H,1-3H3,(H,15,20)(H,16,18). The van der Waals surface area contributed by atoms with Gasteiger partial charge in [-0.2, -0.15) is 4.68 Å². The number of nitrogens with one attached hydrogen (secondary N) is 2. The van der Waals surface area contributed by atoms with Crippen LogP contribution in [0.15, 0.2) is 16.2 Å². The Hall–Kier alpha value is -1.77. The van der Waals surface area contributed by atoms with Gasteiger partial charge < -0.3 is 4.98 Å². The Balaban J connectivity index is 2.11. The number of aromatic amines is 1. The van der Waals surface area contributed by atoms with E-state index in [0.717, 1.165) is 24.8 Å². The zero-order valence-corrected chi connectivity index (χ0v) is 14.6. The highest BCUT2D eigenvalue weighted by Gasteiger charge is 2.15. The summed E-state index contributed by atoms with van der Waals surface area (Å²) in [5.74, 6) is -0.352. The van der Waals surface area contributed by atoms with Gasteiger partial charge in [0.25, 0.3) is 11.5 Å². The van der Waals surface area contributed by atoms with E-state index in [2.05, 4.69) is 10.4 Å². The molecule has 0 bridgehead atoms. The molecule has 3 aromatic heterocycles. The van der Waals surface area contributed by atoms with Crippen molar-refractivity contribution in [1.29, 1.82) is 0 Å². The summed E-state index contributed by atoms with van der Waals surface area (Å²) in [5, 5.41) is 2.32. The molecule has 0 saturated heterocycles. The fourth-order valence-corrected chi connectivity index (χ4v) is 4.19. The molecule has 8 heteroatoms. The van der Waals surface area contributed by atoms with Crippen LogP contribution in [-0.2, 0) is 0 Å². The first-order valence-electron chi connectivity index (χ1n) is 6.50. The third-order valence-corrected chi connectivity index (χ3v) is 5.70. The number of fused-ring (bicyclic) bond motifs is 1. The maximum absolute atomic E-state index is 12.6. The van der Waals surface area contributed by atoms with Gasteiger partial charge in [0.15, 0.2) is 0 Å². The Kier molecular flexibility index (Phi) is 3.75. The molecule has 0 radical (unpaired) electrons. The molecule has 0 atom stereocenters. The van der Waals surface area contributed by atoms with Gasteiger partial charge in [-0.15, -0.1) is 22.7 Å². The van der Waals surface area contributed by atoms with Gasteiger partial charge in [-0.1, -0.05) is 0 Å². The minimum atomic E-state index is -0.352. The number of hydrogen-bond donors (Lipinski definition) is 2. The lowest BCUT2D eigenvalue weighted by Crippen LogP contribution is -2.34. The number of hydrogen-bond acceptors (Lipinski definition) is 5. The van der Waals surface area contributed by atoms with Crippen LogP contribution in [0.2, 0.25) is 0 Å². The first-order chi connectivity index (χ1) is 10.4. The molecule has 2 N–H and O–H groups in total. The molecule has 5 nitrogen and oxygen atoms in total. The zero-order valence-electron chi connectivity index (χ0n) is 12.1. The molecule has 22 heavy (non-hydrogen) atoms. The number of carbonyl (C=O) groups is 1. The Labute approximate surface area is 139 Å². The molecule has 1 amide bonds. The van der Waals surface area contributed by atoms with Gasteiger partial charge in [-0.05, 0) is 44.6 Å². The highest BCUT2D eigenvalue weighted by molar-refractivity contribution is 7.71. The van der Waals surface area contributed by atoms with Crippen molar-refractivity contribution in [3.63, 3.8) is 0 Å². The molecule has 3 aromatic rings. The van der Waals surface area contributed by atoms with E-state index in [1.807, 2.05) is 20.8 Å². The summed E-state index contributed by atoms with van der Waals surface area (Å²) in [6.45, 7) is 5.76. The molecule has 0 unspecified atom stereocenters. The monoisotopic (exact) mass is 351 g/mol. The molecule has 0 fully saturated rings. The highest BCUT2D eigenvalue weighted by Crippen LogP contribution is 2.25. The van der Waals surface area contributed by atoms with Gasteiger partial charge in [0.05, 0.1) is 10.9 Å². The smallest absolute Gasteiger partial charge is 0.282 e. The second kappa shape index (κ2) is 5.45. The van der Waals surface area contributed by atoms with E-state index < -0.39 is 0 Å². The van der Waals surface area contributed by atoms with Gasteiger partial charge in [0.2, 0.25) is 4.77 Å². The summed E-state index contributed by atoms with van der Waals surface area (Å²) >= 11 is 8.16. The fraction of sp³-hybridized carbons (Fsp3) is 0.214. The zero-order chi connectivity index (χ0) is 16.0. The van der Waals surface area contributed by atoms with Crippen molar-refractivity contribution < 1.29 is 4.79 Å². The minimum absolute atomic E-state index is 0.180. The van der Waals surface area contributed by atoms with Crippen molar-refractivity contribution in [2.24, 2.45) is 0 Å². The van der Waals surface area contributed by atoms with Crippen LogP contribution in [0.4, 0.5) is 0 Å². The topological polar surface area (TPSA) is 66.9 Å². The van der Waals surface area contributed by atoms with Gasteiger partial charge in [0, 0.05) is 15.1 Å². The normalized spacial score (nSPS) is 11.0. The second-order valence-electron chi connectivity index (χ2n) is 4.95. The SMILES string of the molecule is Cc1cc(C(=O)Nn2c(=S)[nH]c3sc(C)c(C)c3c2=O)cs1. The number of rotatable bonds is 2. The molecule has 114 valence electrons. The molecule has 3 heterocycles. The van der Waals surface area contributed by atoms with E-state index in [0.29, 0.717) is 10.9 Å². The molecule has 0 saturated carbocycles. The van der Waals surface area contributed by atoms with Crippen molar-refractivity contribution in [2.45, 2.75) is 20.8 Å². The van der Waals surface area contributed by atoms with E-state index in [4.69, 9.17) is 12.2 Å². The van der Waals surface area contributed by atoms with Crippen molar-refractivity contribution in [2.75, 3.05) is 5.43 Å². The number of H-pyrrole nitrogens is 1. The summed E-state index contributed by atoms with van der Waals surface area (Å²) in [7, 11) is 0. The Morgan fingerprint density at radius 2 is 2.09 bits per heavy atom. The van der Waals surface area contributed by atoms with E-state index >= 15 is 0 Å². The summed E-state index contributed by atoms with van der Waals surface area (Å²) in [6.07, 6.45) is 0. The lowest BCUT2D eigenvalue weighted by Gasteiger charge is -2.07. The maximum Gasteiger partial charge on any atom is 0.282 e. The lowest BCUT2D eigenvalue weighted by molar-refractivity contribution is 0.101. The van der Waals surface area contributed by atoms with Crippen LogP contribution in [0.25, 0.3) is 10.2 Å². The third-order valence-electron chi connectivity index (χ3n) is 3.43. The predicted octanol–water partition coefficient (Wildman–Crippen LogP) is 3.49. The summed E-state index contributed by atoms with van der Waals surface area (Å²) in [6, 6.07) is 1.77. The number of amides is 1. The van der Waals surface area contributed by atoms with Crippen LogP contribution in [-0.4, -0.2) is 15.6 Å². The van der Waals surface area contributed by atoms with Gasteiger partial charge >= 0.3 is 0 Å². The molecule has 0 aliphatic rings. The third kappa shape index (κ3) is 2.43. The van der Waals surface area contributed by atoms with E-state index in [9.17, 15) is 9.59 Å². The van der Waals surface area contributed by atoms with Gasteiger partial charge in [-0.25, -0.2) is 0 Å². The number of aromatic nitrogens is 2. The van der Waals surface area contributed by atoms with Crippen molar-refractivity contribution in [1.82, 2.24) is 9.66 Å². The fourth-order valence-electron chi connectivity index (χ4n) is 2.16. The molecular formula is C14H13N3O2S3. The molecular weight excluding hydrogens is 338 g/mol. The molecule has 3 rings (SSSR count).